The Kier molecular flexibility index (Phi) is 4.61. The van der Waals surface area contributed by atoms with Crippen molar-refractivity contribution in [3.8, 4) is 0 Å². The van der Waals surface area contributed by atoms with Crippen LogP contribution in [0.1, 0.15) is 38.0 Å². The van der Waals surface area contributed by atoms with E-state index >= 15 is 0 Å². The van der Waals surface area contributed by atoms with Gasteiger partial charge in [-0.1, -0.05) is 24.3 Å². The quantitative estimate of drug-likeness (QED) is 0.833. The first kappa shape index (κ1) is 14.5. The number of rotatable bonds is 4. The van der Waals surface area contributed by atoms with Crippen LogP contribution in [-0.2, 0) is 15.0 Å². The van der Waals surface area contributed by atoms with E-state index in [1.165, 1.54) is 11.1 Å². The van der Waals surface area contributed by atoms with Gasteiger partial charge in [0.15, 0.2) is 0 Å². The molecule has 0 aliphatic carbocycles. The molecule has 106 valence electrons. The van der Waals surface area contributed by atoms with E-state index < -0.39 is 0 Å². The number of nitrogens with zero attached hydrogens (tertiary/aromatic N) is 1. The van der Waals surface area contributed by atoms with Gasteiger partial charge >= 0.3 is 0 Å². The molecule has 0 bridgehead atoms. The van der Waals surface area contributed by atoms with Crippen molar-refractivity contribution in [1.82, 2.24) is 4.90 Å². The SMILES string of the molecule is COC(C)c1ccc(C(C)(C)N2CCOCC2)cc1. The average molecular weight is 263 g/mol. The Morgan fingerprint density at radius 2 is 1.74 bits per heavy atom. The van der Waals surface area contributed by atoms with Gasteiger partial charge < -0.3 is 9.47 Å². The van der Waals surface area contributed by atoms with Crippen LogP contribution in [0, 0.1) is 0 Å². The number of hydrogen-bond acceptors (Lipinski definition) is 3. The molecule has 0 aromatic heterocycles. The molecule has 3 heteroatoms. The summed E-state index contributed by atoms with van der Waals surface area (Å²) < 4.78 is 10.8. The Balaban J connectivity index is 2.15. The molecular weight excluding hydrogens is 238 g/mol. The second kappa shape index (κ2) is 6.04. The third-order valence-electron chi connectivity index (χ3n) is 4.24. The number of benzene rings is 1. The van der Waals surface area contributed by atoms with Crippen molar-refractivity contribution in [2.75, 3.05) is 33.4 Å². The van der Waals surface area contributed by atoms with E-state index in [1.54, 1.807) is 7.11 Å². The lowest BCUT2D eigenvalue weighted by Gasteiger charge is -2.41. The summed E-state index contributed by atoms with van der Waals surface area (Å²) in [4.78, 5) is 2.49. The predicted molar refractivity (Wildman–Crippen MR) is 77.3 cm³/mol. The molecule has 1 aliphatic heterocycles. The van der Waals surface area contributed by atoms with Gasteiger partial charge in [0.1, 0.15) is 0 Å². The van der Waals surface area contributed by atoms with Crippen LogP contribution >= 0.6 is 0 Å². The largest absolute Gasteiger partial charge is 0.379 e. The monoisotopic (exact) mass is 263 g/mol. The van der Waals surface area contributed by atoms with Crippen molar-refractivity contribution < 1.29 is 9.47 Å². The summed E-state index contributed by atoms with van der Waals surface area (Å²) in [6.07, 6.45) is 0.153. The molecule has 1 aromatic carbocycles. The van der Waals surface area contributed by atoms with Crippen LogP contribution in [0.15, 0.2) is 24.3 Å². The first-order valence-corrected chi connectivity index (χ1v) is 7.01. The van der Waals surface area contributed by atoms with E-state index in [0.29, 0.717) is 0 Å². The zero-order valence-electron chi connectivity index (χ0n) is 12.5. The lowest BCUT2D eigenvalue weighted by molar-refractivity contribution is -0.0118. The average Bonchev–Trinajstić information content (AvgIpc) is 2.47. The van der Waals surface area contributed by atoms with Gasteiger partial charge in [-0.3, -0.25) is 4.90 Å². The van der Waals surface area contributed by atoms with Gasteiger partial charge in [0.25, 0.3) is 0 Å². The Hall–Kier alpha value is -0.900. The van der Waals surface area contributed by atoms with Crippen molar-refractivity contribution in [3.05, 3.63) is 35.4 Å². The fourth-order valence-corrected chi connectivity index (χ4v) is 2.60. The molecule has 1 aliphatic rings. The van der Waals surface area contributed by atoms with Crippen molar-refractivity contribution in [1.29, 1.82) is 0 Å². The Bertz CT molecular complexity index is 394. The second-order valence-electron chi connectivity index (χ2n) is 5.66. The van der Waals surface area contributed by atoms with Crippen LogP contribution in [-0.4, -0.2) is 38.3 Å². The number of morpholine rings is 1. The number of hydrogen-bond donors (Lipinski definition) is 0. The highest BCUT2D eigenvalue weighted by molar-refractivity contribution is 5.29. The van der Waals surface area contributed by atoms with Gasteiger partial charge in [0, 0.05) is 25.7 Å². The first-order chi connectivity index (χ1) is 9.05. The summed E-state index contributed by atoms with van der Waals surface area (Å²) in [5.41, 5.74) is 2.63. The maximum absolute atomic E-state index is 5.44. The van der Waals surface area contributed by atoms with Crippen LogP contribution in [0.25, 0.3) is 0 Å². The molecule has 0 amide bonds. The molecule has 0 radical (unpaired) electrons. The zero-order valence-corrected chi connectivity index (χ0v) is 12.5. The van der Waals surface area contributed by atoms with Gasteiger partial charge in [-0.15, -0.1) is 0 Å². The molecule has 1 fully saturated rings. The van der Waals surface area contributed by atoms with Crippen LogP contribution in [0.2, 0.25) is 0 Å². The van der Waals surface area contributed by atoms with Gasteiger partial charge in [0.2, 0.25) is 0 Å². The summed E-state index contributed by atoms with van der Waals surface area (Å²) in [5, 5.41) is 0. The Morgan fingerprint density at radius 1 is 1.16 bits per heavy atom. The van der Waals surface area contributed by atoms with Crippen LogP contribution < -0.4 is 0 Å². The molecule has 1 heterocycles. The van der Waals surface area contributed by atoms with E-state index in [9.17, 15) is 0 Å². The Morgan fingerprint density at radius 3 is 2.26 bits per heavy atom. The minimum atomic E-state index is 0.0542. The molecule has 0 N–H and O–H groups in total. The zero-order chi connectivity index (χ0) is 13.9. The summed E-state index contributed by atoms with van der Waals surface area (Å²) in [6, 6.07) is 8.79. The summed E-state index contributed by atoms with van der Waals surface area (Å²) in [7, 11) is 1.75. The molecule has 1 saturated heterocycles. The maximum atomic E-state index is 5.44. The van der Waals surface area contributed by atoms with Crippen molar-refractivity contribution in [2.24, 2.45) is 0 Å². The molecule has 2 rings (SSSR count). The highest BCUT2D eigenvalue weighted by Crippen LogP contribution is 2.29. The number of methoxy groups -OCH3 is 1. The standard InChI is InChI=1S/C16H25NO2/c1-13(18-4)14-5-7-15(8-6-14)16(2,3)17-9-11-19-12-10-17/h5-8,13H,9-12H2,1-4H3. The first-order valence-electron chi connectivity index (χ1n) is 7.01. The van der Waals surface area contributed by atoms with Crippen LogP contribution in [0.4, 0.5) is 0 Å². The third kappa shape index (κ3) is 3.16. The lowest BCUT2D eigenvalue weighted by Crippen LogP contribution is -2.47. The van der Waals surface area contributed by atoms with Crippen LogP contribution in [0.5, 0.6) is 0 Å². The molecule has 1 aromatic rings. The van der Waals surface area contributed by atoms with E-state index in [4.69, 9.17) is 9.47 Å². The van der Waals surface area contributed by atoms with E-state index in [-0.39, 0.29) is 11.6 Å². The molecule has 1 unspecified atom stereocenters. The van der Waals surface area contributed by atoms with Gasteiger partial charge in [-0.05, 0) is 31.9 Å². The third-order valence-corrected chi connectivity index (χ3v) is 4.24. The van der Waals surface area contributed by atoms with Crippen molar-refractivity contribution in [3.63, 3.8) is 0 Å². The Labute approximate surface area is 116 Å². The van der Waals surface area contributed by atoms with Gasteiger partial charge in [0.05, 0.1) is 19.3 Å². The molecule has 3 nitrogen and oxygen atoms in total. The maximum Gasteiger partial charge on any atom is 0.0793 e. The topological polar surface area (TPSA) is 21.7 Å². The predicted octanol–water partition coefficient (Wildman–Crippen LogP) is 2.96. The summed E-state index contributed by atoms with van der Waals surface area (Å²) >= 11 is 0. The highest BCUT2D eigenvalue weighted by Gasteiger charge is 2.29. The lowest BCUT2D eigenvalue weighted by atomic mass is 9.90. The number of ether oxygens (including phenoxy) is 2. The normalized spacial score (nSPS) is 19.4. The fraction of sp³-hybridized carbons (Fsp3) is 0.625. The van der Waals surface area contributed by atoms with E-state index in [1.807, 2.05) is 0 Å². The smallest absolute Gasteiger partial charge is 0.0793 e. The summed E-state index contributed by atoms with van der Waals surface area (Å²) in [6.45, 7) is 10.3. The fourth-order valence-electron chi connectivity index (χ4n) is 2.60. The van der Waals surface area contributed by atoms with Crippen molar-refractivity contribution >= 4 is 0 Å². The molecular formula is C16H25NO2. The van der Waals surface area contributed by atoms with E-state index in [2.05, 4.69) is 49.9 Å². The van der Waals surface area contributed by atoms with Gasteiger partial charge in [-0.2, -0.15) is 0 Å². The molecule has 19 heavy (non-hydrogen) atoms. The van der Waals surface area contributed by atoms with E-state index in [0.717, 1.165) is 26.3 Å². The minimum absolute atomic E-state index is 0.0542. The second-order valence-corrected chi connectivity index (χ2v) is 5.66. The molecule has 0 spiro atoms. The highest BCUT2D eigenvalue weighted by atomic mass is 16.5. The van der Waals surface area contributed by atoms with Gasteiger partial charge in [-0.25, -0.2) is 0 Å². The molecule has 1 atom stereocenters. The van der Waals surface area contributed by atoms with Crippen LogP contribution in [0.3, 0.4) is 0 Å². The molecule has 0 saturated carbocycles. The minimum Gasteiger partial charge on any atom is -0.379 e. The summed E-state index contributed by atoms with van der Waals surface area (Å²) in [5.74, 6) is 0. The van der Waals surface area contributed by atoms with Crippen molar-refractivity contribution in [2.45, 2.75) is 32.4 Å².